The lowest BCUT2D eigenvalue weighted by Crippen LogP contribution is -2.70. The highest BCUT2D eigenvalue weighted by atomic mass is 16.2. The predicted molar refractivity (Wildman–Crippen MR) is 77.0 cm³/mol. The molecule has 0 aromatic carbocycles. The summed E-state index contributed by atoms with van der Waals surface area (Å²) in [5.41, 5.74) is -0.592. The summed E-state index contributed by atoms with van der Waals surface area (Å²) in [7, 11) is 0. The van der Waals surface area contributed by atoms with Gasteiger partial charge in [0.1, 0.15) is 11.6 Å². The van der Waals surface area contributed by atoms with Crippen molar-refractivity contribution in [2.45, 2.75) is 70.4 Å². The van der Waals surface area contributed by atoms with Crippen molar-refractivity contribution >= 4 is 11.8 Å². The molecule has 0 spiro atoms. The van der Waals surface area contributed by atoms with Gasteiger partial charge < -0.3 is 10.2 Å². The van der Waals surface area contributed by atoms with Crippen molar-refractivity contribution in [2.75, 3.05) is 6.54 Å². The minimum absolute atomic E-state index is 0.0736. The largest absolute Gasteiger partial charge is 0.342 e. The number of hydrogen-bond acceptors (Lipinski definition) is 2. The Bertz CT molecular complexity index is 413. The molecule has 1 N–H and O–H groups in total. The minimum atomic E-state index is -0.592. The Morgan fingerprint density at radius 1 is 1.20 bits per heavy atom. The zero-order valence-electron chi connectivity index (χ0n) is 12.7. The van der Waals surface area contributed by atoms with E-state index < -0.39 is 5.54 Å². The molecule has 1 heterocycles. The maximum absolute atomic E-state index is 12.7. The normalized spacial score (nSPS) is 35.5. The summed E-state index contributed by atoms with van der Waals surface area (Å²) in [6.07, 6.45) is 7.81. The fourth-order valence-electron chi connectivity index (χ4n) is 3.96. The van der Waals surface area contributed by atoms with Crippen molar-refractivity contribution in [1.82, 2.24) is 10.2 Å². The van der Waals surface area contributed by atoms with E-state index >= 15 is 0 Å². The molecule has 112 valence electrons. The van der Waals surface area contributed by atoms with Gasteiger partial charge in [0.15, 0.2) is 0 Å². The summed E-state index contributed by atoms with van der Waals surface area (Å²) < 4.78 is 0. The Morgan fingerprint density at radius 2 is 1.85 bits per heavy atom. The lowest BCUT2D eigenvalue weighted by Gasteiger charge is -2.47. The van der Waals surface area contributed by atoms with Crippen LogP contribution in [0.5, 0.6) is 0 Å². The smallest absolute Gasteiger partial charge is 0.246 e. The molecule has 0 aromatic heterocycles. The molecule has 2 aliphatic carbocycles. The van der Waals surface area contributed by atoms with E-state index in [0.29, 0.717) is 18.3 Å². The van der Waals surface area contributed by atoms with Crippen LogP contribution in [0.4, 0.5) is 0 Å². The van der Waals surface area contributed by atoms with Crippen LogP contribution in [0.3, 0.4) is 0 Å². The van der Waals surface area contributed by atoms with Crippen molar-refractivity contribution in [2.24, 2.45) is 11.8 Å². The molecule has 0 bridgehead atoms. The van der Waals surface area contributed by atoms with E-state index in [1.54, 1.807) is 0 Å². The molecular formula is C16H26N2O2. The van der Waals surface area contributed by atoms with Gasteiger partial charge in [0, 0.05) is 6.54 Å². The number of carbonyl (C=O) groups excluding carboxylic acids is 2. The first kappa shape index (κ1) is 13.9. The summed E-state index contributed by atoms with van der Waals surface area (Å²) in [4.78, 5) is 27.3. The first-order valence-electron chi connectivity index (χ1n) is 8.19. The van der Waals surface area contributed by atoms with Crippen LogP contribution in [0, 0.1) is 11.8 Å². The van der Waals surface area contributed by atoms with Gasteiger partial charge in [0.05, 0.1) is 0 Å². The molecule has 4 nitrogen and oxygen atoms in total. The second kappa shape index (κ2) is 5.05. The second-order valence-corrected chi connectivity index (χ2v) is 6.96. The summed E-state index contributed by atoms with van der Waals surface area (Å²) in [5.74, 6) is 1.18. The highest BCUT2D eigenvalue weighted by molar-refractivity contribution is 6.00. The van der Waals surface area contributed by atoms with Gasteiger partial charge in [-0.3, -0.25) is 9.59 Å². The van der Waals surface area contributed by atoms with Crippen LogP contribution in [0.15, 0.2) is 0 Å². The van der Waals surface area contributed by atoms with Crippen molar-refractivity contribution in [3.05, 3.63) is 0 Å². The van der Waals surface area contributed by atoms with Gasteiger partial charge in [0.25, 0.3) is 0 Å². The van der Waals surface area contributed by atoms with Crippen LogP contribution < -0.4 is 5.32 Å². The molecule has 2 amide bonds. The van der Waals surface area contributed by atoms with Gasteiger partial charge in [-0.25, -0.2) is 0 Å². The fraction of sp³-hybridized carbons (Fsp3) is 0.875. The molecular weight excluding hydrogens is 252 g/mol. The molecule has 3 rings (SSSR count). The van der Waals surface area contributed by atoms with Crippen LogP contribution in [0.25, 0.3) is 0 Å². The number of piperazine rings is 1. The van der Waals surface area contributed by atoms with Crippen LogP contribution >= 0.6 is 0 Å². The van der Waals surface area contributed by atoms with E-state index in [-0.39, 0.29) is 17.9 Å². The number of rotatable bonds is 4. The van der Waals surface area contributed by atoms with E-state index in [1.165, 1.54) is 25.7 Å². The number of amides is 2. The average Bonchev–Trinajstić information content (AvgIpc) is 3.17. The average molecular weight is 278 g/mol. The van der Waals surface area contributed by atoms with Crippen molar-refractivity contribution in [1.29, 1.82) is 0 Å². The molecule has 20 heavy (non-hydrogen) atoms. The van der Waals surface area contributed by atoms with E-state index in [2.05, 4.69) is 5.32 Å². The first-order valence-corrected chi connectivity index (χ1v) is 8.19. The Hall–Kier alpha value is -1.06. The summed E-state index contributed by atoms with van der Waals surface area (Å²) in [5, 5.41) is 2.95. The van der Waals surface area contributed by atoms with Crippen molar-refractivity contribution < 1.29 is 9.59 Å². The van der Waals surface area contributed by atoms with E-state index in [4.69, 9.17) is 0 Å². The topological polar surface area (TPSA) is 49.4 Å². The van der Waals surface area contributed by atoms with Crippen LogP contribution in [0.1, 0.15) is 58.8 Å². The summed E-state index contributed by atoms with van der Waals surface area (Å²) in [6, 6.07) is -0.310. The van der Waals surface area contributed by atoms with E-state index in [1.807, 2.05) is 18.7 Å². The third-order valence-corrected chi connectivity index (χ3v) is 5.59. The number of hydrogen-bond donors (Lipinski definition) is 1. The molecule has 2 atom stereocenters. The van der Waals surface area contributed by atoms with Gasteiger partial charge in [-0.2, -0.15) is 0 Å². The Kier molecular flexibility index (Phi) is 3.51. The lowest BCUT2D eigenvalue weighted by molar-refractivity contribution is -0.159. The third kappa shape index (κ3) is 2.13. The molecule has 2 unspecified atom stereocenters. The maximum atomic E-state index is 12.7. The quantitative estimate of drug-likeness (QED) is 0.856. The molecule has 2 saturated carbocycles. The molecule has 0 radical (unpaired) electrons. The zero-order chi connectivity index (χ0) is 14.3. The summed E-state index contributed by atoms with van der Waals surface area (Å²) in [6.45, 7) is 4.74. The maximum Gasteiger partial charge on any atom is 0.246 e. The lowest BCUT2D eigenvalue weighted by atomic mass is 9.86. The molecule has 3 aliphatic rings. The second-order valence-electron chi connectivity index (χ2n) is 6.96. The van der Waals surface area contributed by atoms with Gasteiger partial charge in [-0.15, -0.1) is 0 Å². The Morgan fingerprint density at radius 3 is 2.40 bits per heavy atom. The van der Waals surface area contributed by atoms with Gasteiger partial charge in [-0.1, -0.05) is 19.8 Å². The predicted octanol–water partition coefficient (Wildman–Crippen LogP) is 2.08. The zero-order valence-corrected chi connectivity index (χ0v) is 12.7. The van der Waals surface area contributed by atoms with Crippen LogP contribution in [-0.2, 0) is 9.59 Å². The Labute approximate surface area is 121 Å². The summed E-state index contributed by atoms with van der Waals surface area (Å²) >= 11 is 0. The number of nitrogens with one attached hydrogen (secondary N) is 1. The van der Waals surface area contributed by atoms with Gasteiger partial charge in [0.2, 0.25) is 11.8 Å². The van der Waals surface area contributed by atoms with Gasteiger partial charge >= 0.3 is 0 Å². The van der Waals surface area contributed by atoms with Gasteiger partial charge in [-0.05, 0) is 50.9 Å². The number of carbonyl (C=O) groups is 2. The highest BCUT2D eigenvalue weighted by Crippen LogP contribution is 2.45. The fourth-order valence-corrected chi connectivity index (χ4v) is 3.96. The molecule has 1 saturated heterocycles. The van der Waals surface area contributed by atoms with Crippen LogP contribution in [-0.4, -0.2) is 34.8 Å². The standard InChI is InChI=1S/C16H26N2O2/c1-3-13-14(19)18(10-11-6-4-5-7-11)16(2,12-8-9-12)15(20)17-13/h11-13H,3-10H2,1-2H3,(H,17,20). The van der Waals surface area contributed by atoms with E-state index in [0.717, 1.165) is 19.4 Å². The van der Waals surface area contributed by atoms with Crippen molar-refractivity contribution in [3.8, 4) is 0 Å². The third-order valence-electron chi connectivity index (χ3n) is 5.59. The van der Waals surface area contributed by atoms with Crippen molar-refractivity contribution in [3.63, 3.8) is 0 Å². The minimum Gasteiger partial charge on any atom is -0.342 e. The SMILES string of the molecule is CCC1NC(=O)C(C)(C2CC2)N(CC2CCCC2)C1=O. The molecule has 0 aromatic rings. The first-order chi connectivity index (χ1) is 9.57. The van der Waals surface area contributed by atoms with Crippen LogP contribution in [0.2, 0.25) is 0 Å². The van der Waals surface area contributed by atoms with E-state index in [9.17, 15) is 9.59 Å². The highest BCUT2D eigenvalue weighted by Gasteiger charge is 2.56. The monoisotopic (exact) mass is 278 g/mol. The molecule has 1 aliphatic heterocycles. The molecule has 3 fully saturated rings. The molecule has 4 heteroatoms. The Balaban J connectivity index is 1.85. The number of nitrogens with zero attached hydrogens (tertiary/aromatic N) is 1.